The molecule has 2 fully saturated rings. The third-order valence-corrected chi connectivity index (χ3v) is 10.7. The van der Waals surface area contributed by atoms with Gasteiger partial charge in [-0.2, -0.15) is 0 Å². The Morgan fingerprint density at radius 1 is 0.746 bits per heavy atom. The second kappa shape index (κ2) is 21.8. The fourth-order valence-corrected chi connectivity index (χ4v) is 7.22. The van der Waals surface area contributed by atoms with Crippen molar-refractivity contribution in [1.82, 2.24) is 36.8 Å². The Kier molecular flexibility index (Phi) is 17.9. The van der Waals surface area contributed by atoms with Crippen molar-refractivity contribution in [3.05, 3.63) is 35.9 Å². The van der Waals surface area contributed by atoms with Gasteiger partial charge in [-0.25, -0.2) is 4.79 Å². The highest BCUT2D eigenvalue weighted by Crippen LogP contribution is 2.22. The van der Waals surface area contributed by atoms with Gasteiger partial charge in [0.05, 0.1) is 0 Å². The molecule has 6 N–H and O–H groups in total. The minimum atomic E-state index is -1.58. The van der Waals surface area contributed by atoms with E-state index in [1.807, 2.05) is 13.8 Å². The van der Waals surface area contributed by atoms with Crippen molar-refractivity contribution in [3.63, 3.8) is 0 Å². The van der Waals surface area contributed by atoms with Crippen LogP contribution < -0.4 is 31.9 Å². The van der Waals surface area contributed by atoms with E-state index in [0.717, 1.165) is 0 Å². The van der Waals surface area contributed by atoms with Crippen molar-refractivity contribution in [2.45, 2.75) is 150 Å². The lowest BCUT2D eigenvalue weighted by Gasteiger charge is -2.32. The van der Waals surface area contributed by atoms with Gasteiger partial charge < -0.3 is 41.5 Å². The lowest BCUT2D eigenvalue weighted by molar-refractivity contribution is -0.157. The minimum absolute atomic E-state index is 0.0139. The second-order valence-corrected chi connectivity index (χ2v) is 17.6. The molecule has 0 aromatic heterocycles. The first-order chi connectivity index (χ1) is 27.6. The summed E-state index contributed by atoms with van der Waals surface area (Å²) in [5, 5.41) is 16.5. The maximum absolute atomic E-state index is 14.6. The Balaban J connectivity index is 2.17. The highest BCUT2D eigenvalue weighted by molar-refractivity contribution is 5.98. The molecule has 0 saturated carbocycles. The maximum atomic E-state index is 14.6. The van der Waals surface area contributed by atoms with E-state index in [1.165, 1.54) is 11.8 Å². The summed E-state index contributed by atoms with van der Waals surface area (Å²) in [4.78, 5) is 113. The van der Waals surface area contributed by atoms with Crippen LogP contribution >= 0.6 is 0 Å². The van der Waals surface area contributed by atoms with Crippen molar-refractivity contribution in [2.24, 2.45) is 29.6 Å². The van der Waals surface area contributed by atoms with E-state index in [1.54, 1.807) is 85.7 Å². The first-order valence-corrected chi connectivity index (χ1v) is 21.0. The van der Waals surface area contributed by atoms with E-state index in [4.69, 9.17) is 4.74 Å². The summed E-state index contributed by atoms with van der Waals surface area (Å²) in [7, 11) is 0. The van der Waals surface area contributed by atoms with Gasteiger partial charge in [0.25, 0.3) is 0 Å². The summed E-state index contributed by atoms with van der Waals surface area (Å²) in [6.07, 6.45) is -0.411. The molecule has 1 aromatic carbocycles. The summed E-state index contributed by atoms with van der Waals surface area (Å²) < 4.78 is 5.87. The predicted molar refractivity (Wildman–Crippen MR) is 221 cm³/mol. The number of carbonyl (C=O) groups is 8. The first-order valence-electron chi connectivity index (χ1n) is 21.0. The standard InChI is InChI=1S/C43H67N7O9/c1-22(2)20-31(51)45-32(23(3)4)38(53)49-36-27(11)59-43(58)35(26(9)10)48-40(55)34(25(7)8)47-39(54)33(24(5)6)46-37(52)30-18-15-19-50(30)42(57)29(44-41(36)56)21-28-16-13-12-14-17-28/h12-14,16-17,22-27,29-30,32-36H,15,18-21H2,1-11H3,(H,44,56)(H,45,51)(H,46,52)(H,47,54)(H,48,55)(H,49,53)/t27-,29-,30+,32+,33+,34+,35+,36+/m1/s1. The summed E-state index contributed by atoms with van der Waals surface area (Å²) >= 11 is 0. The molecule has 3 rings (SSSR count). The zero-order valence-corrected chi connectivity index (χ0v) is 36.5. The van der Waals surface area contributed by atoms with Gasteiger partial charge in [-0.05, 0) is 54.9 Å². The summed E-state index contributed by atoms with van der Waals surface area (Å²) in [6.45, 7) is 19.1. The molecule has 16 heteroatoms. The molecule has 0 aliphatic carbocycles. The van der Waals surface area contributed by atoms with Crippen LogP contribution in [0.15, 0.2) is 30.3 Å². The van der Waals surface area contributed by atoms with Crippen molar-refractivity contribution in [2.75, 3.05) is 6.54 Å². The monoisotopic (exact) mass is 826 g/mol. The third kappa shape index (κ3) is 13.5. The fourth-order valence-electron chi connectivity index (χ4n) is 7.22. The fraction of sp³-hybridized carbons (Fsp3) is 0.674. The van der Waals surface area contributed by atoms with Crippen LogP contribution in [0.4, 0.5) is 0 Å². The number of hydrogen-bond donors (Lipinski definition) is 6. The molecule has 16 nitrogen and oxygen atoms in total. The van der Waals surface area contributed by atoms with Gasteiger partial charge >= 0.3 is 5.97 Å². The Labute approximate surface area is 348 Å². The molecule has 59 heavy (non-hydrogen) atoms. The second-order valence-electron chi connectivity index (χ2n) is 17.6. The maximum Gasteiger partial charge on any atom is 0.329 e. The smallest absolute Gasteiger partial charge is 0.329 e. The van der Waals surface area contributed by atoms with E-state index in [-0.39, 0.29) is 31.2 Å². The molecule has 0 spiro atoms. The van der Waals surface area contributed by atoms with Crippen LogP contribution in [0, 0.1) is 29.6 Å². The van der Waals surface area contributed by atoms with Crippen LogP contribution in [0.2, 0.25) is 0 Å². The average Bonchev–Trinajstić information content (AvgIpc) is 3.64. The molecule has 2 aliphatic rings. The van der Waals surface area contributed by atoms with E-state index < -0.39 is 113 Å². The Morgan fingerprint density at radius 2 is 1.29 bits per heavy atom. The minimum Gasteiger partial charge on any atom is -0.458 e. The highest BCUT2D eigenvalue weighted by Gasteiger charge is 2.43. The van der Waals surface area contributed by atoms with E-state index in [9.17, 15) is 38.4 Å². The van der Waals surface area contributed by atoms with Crippen LogP contribution in [0.1, 0.15) is 101 Å². The number of nitrogens with one attached hydrogen (secondary N) is 6. The molecule has 8 atom stereocenters. The first kappa shape index (κ1) is 48.3. The van der Waals surface area contributed by atoms with Crippen LogP contribution in [-0.4, -0.2) is 107 Å². The van der Waals surface area contributed by atoms with Gasteiger partial charge in [0.2, 0.25) is 41.4 Å². The number of fused-ring (bicyclic) bond motifs is 1. The third-order valence-electron chi connectivity index (χ3n) is 10.7. The number of amides is 7. The number of rotatable bonds is 11. The van der Waals surface area contributed by atoms with Crippen molar-refractivity contribution >= 4 is 47.3 Å². The number of esters is 1. The summed E-state index contributed by atoms with van der Waals surface area (Å²) in [5.41, 5.74) is 0.698. The highest BCUT2D eigenvalue weighted by atomic mass is 16.5. The van der Waals surface area contributed by atoms with Gasteiger partial charge in [-0.15, -0.1) is 0 Å². The number of cyclic esters (lactones) is 1. The van der Waals surface area contributed by atoms with Crippen LogP contribution in [0.25, 0.3) is 0 Å². The topological polar surface area (TPSA) is 221 Å². The predicted octanol–water partition coefficient (Wildman–Crippen LogP) is 1.74. The van der Waals surface area contributed by atoms with Gasteiger partial charge in [-0.1, -0.05) is 99.6 Å². The SMILES string of the molecule is CC(C)CC(=O)N[C@H](C(=O)N[C@@H]1C(=O)N[C@H](Cc2ccccc2)C(=O)N2CCC[C@H]2C(=O)N[C@@H](C(C)C)C(=O)N[C@@H](C(C)C)C(=O)N[C@@H](C(C)C)C(=O)O[C@@H]1C)C(C)C. The molecule has 0 unspecified atom stereocenters. The number of carbonyl (C=O) groups excluding carboxylic acids is 8. The van der Waals surface area contributed by atoms with Crippen molar-refractivity contribution < 1.29 is 43.1 Å². The summed E-state index contributed by atoms with van der Waals surface area (Å²) in [5.74, 6) is -7.02. The molecule has 7 amide bonds. The van der Waals surface area contributed by atoms with E-state index in [2.05, 4.69) is 31.9 Å². The lowest BCUT2D eigenvalue weighted by Crippen LogP contribution is -2.62. The number of hydrogen-bond acceptors (Lipinski definition) is 9. The molecule has 2 saturated heterocycles. The van der Waals surface area contributed by atoms with Crippen LogP contribution in [-0.2, 0) is 49.5 Å². The van der Waals surface area contributed by atoms with Gasteiger partial charge in [0.15, 0.2) is 0 Å². The van der Waals surface area contributed by atoms with Crippen molar-refractivity contribution in [3.8, 4) is 0 Å². The van der Waals surface area contributed by atoms with E-state index >= 15 is 0 Å². The van der Waals surface area contributed by atoms with Crippen LogP contribution in [0.3, 0.4) is 0 Å². The molecule has 1 aromatic rings. The van der Waals surface area contributed by atoms with Gasteiger partial charge in [0, 0.05) is 19.4 Å². The molecule has 0 bridgehead atoms. The largest absolute Gasteiger partial charge is 0.458 e. The number of nitrogens with zero attached hydrogens (tertiary/aromatic N) is 1. The molecule has 2 heterocycles. The molecular formula is C43H67N7O9. The van der Waals surface area contributed by atoms with Gasteiger partial charge in [-0.3, -0.25) is 33.6 Å². The van der Waals surface area contributed by atoms with Gasteiger partial charge in [0.1, 0.15) is 48.4 Å². The Morgan fingerprint density at radius 3 is 1.81 bits per heavy atom. The quantitative estimate of drug-likeness (QED) is 0.179. The normalized spacial score (nSPS) is 26.0. The molecule has 328 valence electrons. The van der Waals surface area contributed by atoms with Crippen LogP contribution in [0.5, 0.6) is 0 Å². The van der Waals surface area contributed by atoms with E-state index in [0.29, 0.717) is 18.4 Å². The molecule has 2 aliphatic heterocycles. The summed E-state index contributed by atoms with van der Waals surface area (Å²) in [6, 6.07) is 0.646. The number of ether oxygens (including phenoxy) is 1. The molecular weight excluding hydrogens is 759 g/mol. The van der Waals surface area contributed by atoms with Crippen molar-refractivity contribution in [1.29, 1.82) is 0 Å². The average molecular weight is 826 g/mol. The lowest BCUT2D eigenvalue weighted by atomic mass is 9.98. The zero-order valence-electron chi connectivity index (χ0n) is 36.5. The Hall–Kier alpha value is -5.02. The number of benzene rings is 1. The molecule has 0 radical (unpaired) electrons. The zero-order chi connectivity index (χ0) is 44.3. The Bertz CT molecular complexity index is 1670.